The molecule has 2 N–H and O–H groups in total. The van der Waals surface area contributed by atoms with E-state index >= 15 is 0 Å². The van der Waals surface area contributed by atoms with Gasteiger partial charge in [0.05, 0.1) is 5.60 Å². The average Bonchev–Trinajstić information content (AvgIpc) is 2.08. The van der Waals surface area contributed by atoms with Crippen molar-refractivity contribution in [3.63, 3.8) is 0 Å². The second-order valence-corrected chi connectivity index (χ2v) is 6.95. The standard InChI is InChI=1S/C10H21NO3S/c1-9-8-11-6-5-10(9,12)4-3-7-15(2,13)14/h9,11-12H,3-8H2,1-2H3. The molecule has 90 valence electrons. The molecule has 0 amide bonds. The quantitative estimate of drug-likeness (QED) is 0.729. The largest absolute Gasteiger partial charge is 0.390 e. The summed E-state index contributed by atoms with van der Waals surface area (Å²) in [5, 5.41) is 13.5. The van der Waals surface area contributed by atoms with Crippen LogP contribution >= 0.6 is 0 Å². The van der Waals surface area contributed by atoms with Crippen LogP contribution in [0.3, 0.4) is 0 Å². The van der Waals surface area contributed by atoms with Crippen LogP contribution in [0.25, 0.3) is 0 Å². The number of sulfone groups is 1. The molecule has 1 aliphatic rings. The van der Waals surface area contributed by atoms with E-state index in [9.17, 15) is 13.5 Å². The Kier molecular flexibility index (Phi) is 4.14. The van der Waals surface area contributed by atoms with Gasteiger partial charge in [0.1, 0.15) is 9.84 Å². The molecule has 2 unspecified atom stereocenters. The van der Waals surface area contributed by atoms with Crippen LogP contribution in [0, 0.1) is 5.92 Å². The molecule has 0 aromatic heterocycles. The number of hydrogen-bond acceptors (Lipinski definition) is 4. The lowest BCUT2D eigenvalue weighted by atomic mass is 9.80. The Morgan fingerprint density at radius 3 is 2.73 bits per heavy atom. The minimum Gasteiger partial charge on any atom is -0.390 e. The molecule has 1 saturated heterocycles. The SMILES string of the molecule is CC1CNCCC1(O)CCCS(C)(=O)=O. The van der Waals surface area contributed by atoms with Crippen molar-refractivity contribution >= 4 is 9.84 Å². The summed E-state index contributed by atoms with van der Waals surface area (Å²) in [7, 11) is -2.90. The van der Waals surface area contributed by atoms with Crippen molar-refractivity contribution in [1.82, 2.24) is 5.32 Å². The summed E-state index contributed by atoms with van der Waals surface area (Å²) < 4.78 is 21.9. The number of piperidine rings is 1. The Balaban J connectivity index is 2.42. The van der Waals surface area contributed by atoms with E-state index in [1.807, 2.05) is 6.92 Å². The number of rotatable bonds is 4. The third-order valence-corrected chi connectivity index (χ3v) is 4.26. The molecule has 2 atom stereocenters. The molecule has 0 aromatic rings. The Morgan fingerprint density at radius 1 is 1.53 bits per heavy atom. The minimum absolute atomic E-state index is 0.176. The van der Waals surface area contributed by atoms with Crippen LogP contribution in [0.5, 0.6) is 0 Å². The fourth-order valence-electron chi connectivity index (χ4n) is 2.07. The van der Waals surface area contributed by atoms with Gasteiger partial charge in [-0.25, -0.2) is 8.42 Å². The van der Waals surface area contributed by atoms with Crippen molar-refractivity contribution in [1.29, 1.82) is 0 Å². The molecule has 5 heteroatoms. The lowest BCUT2D eigenvalue weighted by Crippen LogP contribution is -2.49. The van der Waals surface area contributed by atoms with Crippen LogP contribution in [0.2, 0.25) is 0 Å². The van der Waals surface area contributed by atoms with Gasteiger partial charge in [0.15, 0.2) is 0 Å². The molecule has 4 nitrogen and oxygen atoms in total. The monoisotopic (exact) mass is 235 g/mol. The first kappa shape index (κ1) is 12.9. The number of hydrogen-bond donors (Lipinski definition) is 2. The fraction of sp³-hybridized carbons (Fsp3) is 1.00. The van der Waals surface area contributed by atoms with E-state index < -0.39 is 15.4 Å². The van der Waals surface area contributed by atoms with Gasteiger partial charge in [-0.2, -0.15) is 0 Å². The van der Waals surface area contributed by atoms with Gasteiger partial charge >= 0.3 is 0 Å². The highest BCUT2D eigenvalue weighted by Crippen LogP contribution is 2.28. The van der Waals surface area contributed by atoms with Gasteiger partial charge in [0, 0.05) is 18.6 Å². The molecule has 1 heterocycles. The van der Waals surface area contributed by atoms with Crippen molar-refractivity contribution in [3.8, 4) is 0 Å². The first-order valence-electron chi connectivity index (χ1n) is 5.44. The highest BCUT2D eigenvalue weighted by molar-refractivity contribution is 7.90. The van der Waals surface area contributed by atoms with Crippen LogP contribution in [-0.4, -0.2) is 44.2 Å². The third kappa shape index (κ3) is 4.09. The molecule has 0 saturated carbocycles. The Morgan fingerprint density at radius 2 is 2.20 bits per heavy atom. The maximum atomic E-state index is 11.0. The zero-order valence-electron chi connectivity index (χ0n) is 9.49. The van der Waals surface area contributed by atoms with Crippen LogP contribution in [0.1, 0.15) is 26.2 Å². The normalized spacial score (nSPS) is 32.9. The van der Waals surface area contributed by atoms with Crippen molar-refractivity contribution in [2.75, 3.05) is 25.1 Å². The lowest BCUT2D eigenvalue weighted by molar-refractivity contribution is -0.0407. The van der Waals surface area contributed by atoms with Crippen molar-refractivity contribution in [2.24, 2.45) is 5.92 Å². The first-order chi connectivity index (χ1) is 6.83. The summed E-state index contributed by atoms with van der Waals surface area (Å²) in [5.41, 5.74) is -0.671. The molecular formula is C10H21NO3S. The summed E-state index contributed by atoms with van der Waals surface area (Å²) in [6.45, 7) is 3.64. The van der Waals surface area contributed by atoms with Crippen molar-refractivity contribution < 1.29 is 13.5 Å². The van der Waals surface area contributed by atoms with E-state index in [0.717, 1.165) is 19.5 Å². The highest BCUT2D eigenvalue weighted by atomic mass is 32.2. The molecule has 1 aliphatic heterocycles. The lowest BCUT2D eigenvalue weighted by Gasteiger charge is -2.38. The van der Waals surface area contributed by atoms with Gasteiger partial charge in [0.2, 0.25) is 0 Å². The van der Waals surface area contributed by atoms with E-state index in [0.29, 0.717) is 12.8 Å². The van der Waals surface area contributed by atoms with Crippen LogP contribution < -0.4 is 5.32 Å². The molecule has 0 bridgehead atoms. The minimum atomic E-state index is -2.90. The molecule has 0 radical (unpaired) electrons. The van der Waals surface area contributed by atoms with Gasteiger partial charge in [-0.05, 0) is 31.7 Å². The summed E-state index contributed by atoms with van der Waals surface area (Å²) in [6.07, 6.45) is 3.10. The van der Waals surface area contributed by atoms with Crippen LogP contribution in [0.4, 0.5) is 0 Å². The zero-order valence-corrected chi connectivity index (χ0v) is 10.3. The Hall–Kier alpha value is -0.130. The molecule has 0 aliphatic carbocycles. The first-order valence-corrected chi connectivity index (χ1v) is 7.50. The second-order valence-electron chi connectivity index (χ2n) is 4.69. The highest BCUT2D eigenvalue weighted by Gasteiger charge is 2.35. The summed E-state index contributed by atoms with van der Waals surface area (Å²) >= 11 is 0. The van der Waals surface area contributed by atoms with E-state index in [1.54, 1.807) is 0 Å². The summed E-state index contributed by atoms with van der Waals surface area (Å²) in [5.74, 6) is 0.376. The Labute approximate surface area is 92.0 Å². The third-order valence-electron chi connectivity index (χ3n) is 3.23. The molecule has 0 spiro atoms. The van der Waals surface area contributed by atoms with Gasteiger partial charge < -0.3 is 10.4 Å². The van der Waals surface area contributed by atoms with Crippen molar-refractivity contribution in [3.05, 3.63) is 0 Å². The smallest absolute Gasteiger partial charge is 0.147 e. The molecule has 0 aromatic carbocycles. The summed E-state index contributed by atoms with van der Waals surface area (Å²) in [4.78, 5) is 0. The fourth-order valence-corrected chi connectivity index (χ4v) is 2.74. The van der Waals surface area contributed by atoms with Gasteiger partial charge in [-0.3, -0.25) is 0 Å². The molecule has 15 heavy (non-hydrogen) atoms. The van der Waals surface area contributed by atoms with Gasteiger partial charge in [-0.15, -0.1) is 0 Å². The predicted molar refractivity (Wildman–Crippen MR) is 60.5 cm³/mol. The van der Waals surface area contributed by atoms with Crippen LogP contribution in [0.15, 0.2) is 0 Å². The Bertz CT molecular complexity index is 302. The maximum absolute atomic E-state index is 11.0. The molecule has 1 rings (SSSR count). The second kappa shape index (κ2) is 4.80. The van der Waals surface area contributed by atoms with E-state index in [2.05, 4.69) is 5.32 Å². The van der Waals surface area contributed by atoms with Gasteiger partial charge in [0.25, 0.3) is 0 Å². The number of nitrogens with one attached hydrogen (secondary N) is 1. The average molecular weight is 235 g/mol. The van der Waals surface area contributed by atoms with E-state index in [4.69, 9.17) is 0 Å². The predicted octanol–water partition coefficient (Wildman–Crippen LogP) is 0.172. The van der Waals surface area contributed by atoms with E-state index in [-0.39, 0.29) is 11.7 Å². The zero-order chi connectivity index (χ0) is 11.5. The van der Waals surface area contributed by atoms with Crippen LogP contribution in [-0.2, 0) is 9.84 Å². The maximum Gasteiger partial charge on any atom is 0.147 e. The topological polar surface area (TPSA) is 66.4 Å². The number of aliphatic hydroxyl groups is 1. The van der Waals surface area contributed by atoms with E-state index in [1.165, 1.54) is 6.26 Å². The van der Waals surface area contributed by atoms with Crippen molar-refractivity contribution in [2.45, 2.75) is 31.8 Å². The van der Waals surface area contributed by atoms with Gasteiger partial charge in [-0.1, -0.05) is 6.92 Å². The molecule has 1 fully saturated rings. The molecular weight excluding hydrogens is 214 g/mol. The summed E-state index contributed by atoms with van der Waals surface area (Å²) in [6, 6.07) is 0.